The van der Waals surface area contributed by atoms with Crippen LogP contribution in [-0.4, -0.2) is 25.7 Å². The van der Waals surface area contributed by atoms with E-state index >= 15 is 0 Å². The van der Waals surface area contributed by atoms with Crippen LogP contribution < -0.4 is 5.32 Å². The van der Waals surface area contributed by atoms with Crippen molar-refractivity contribution < 1.29 is 9.53 Å². The summed E-state index contributed by atoms with van der Waals surface area (Å²) in [7, 11) is 0. The first-order valence-corrected chi connectivity index (χ1v) is 7.53. The maximum atomic E-state index is 12.4. The second-order valence-corrected chi connectivity index (χ2v) is 6.93. The highest BCUT2D eigenvalue weighted by Crippen LogP contribution is 2.44. The highest BCUT2D eigenvalue weighted by atomic mass is 16.5. The van der Waals surface area contributed by atoms with Crippen molar-refractivity contribution >= 4 is 5.91 Å². The van der Waals surface area contributed by atoms with Crippen LogP contribution in [0.5, 0.6) is 0 Å². The van der Waals surface area contributed by atoms with E-state index in [1.54, 1.807) is 0 Å². The minimum Gasteiger partial charge on any atom is -0.380 e. The zero-order valence-electron chi connectivity index (χ0n) is 11.4. The Labute approximate surface area is 110 Å². The van der Waals surface area contributed by atoms with Crippen molar-refractivity contribution in [3.63, 3.8) is 0 Å². The van der Waals surface area contributed by atoms with E-state index in [9.17, 15) is 4.79 Å². The molecule has 1 amide bonds. The van der Waals surface area contributed by atoms with E-state index in [0.29, 0.717) is 23.7 Å². The Hall–Kier alpha value is -0.570. The lowest BCUT2D eigenvalue weighted by Crippen LogP contribution is -2.51. The molecule has 1 aliphatic heterocycles. The Balaban J connectivity index is 1.53. The number of hydrogen-bond acceptors (Lipinski definition) is 2. The van der Waals surface area contributed by atoms with Gasteiger partial charge in [0.2, 0.25) is 5.91 Å². The molecule has 0 unspecified atom stereocenters. The molecule has 0 spiro atoms. The predicted molar refractivity (Wildman–Crippen MR) is 70.1 cm³/mol. The highest BCUT2D eigenvalue weighted by molar-refractivity contribution is 5.79. The van der Waals surface area contributed by atoms with E-state index < -0.39 is 0 Å². The fraction of sp³-hybridized carbons (Fsp3) is 0.933. The molecular weight excluding hydrogens is 226 g/mol. The molecule has 0 aromatic carbocycles. The van der Waals surface area contributed by atoms with Crippen LogP contribution in [0.15, 0.2) is 0 Å². The number of carbonyl (C=O) groups is 1. The Morgan fingerprint density at radius 1 is 1.22 bits per heavy atom. The van der Waals surface area contributed by atoms with Gasteiger partial charge in [0.05, 0.1) is 13.2 Å². The van der Waals surface area contributed by atoms with Crippen molar-refractivity contribution in [1.29, 1.82) is 0 Å². The summed E-state index contributed by atoms with van der Waals surface area (Å²) in [5.74, 6) is 2.01. The van der Waals surface area contributed by atoms with Crippen molar-refractivity contribution in [2.75, 3.05) is 19.8 Å². The summed E-state index contributed by atoms with van der Waals surface area (Å²) in [5, 5.41) is 3.20. The van der Waals surface area contributed by atoms with Crippen LogP contribution in [0, 0.1) is 23.2 Å². The molecule has 102 valence electrons. The van der Waals surface area contributed by atoms with Gasteiger partial charge in [-0.25, -0.2) is 0 Å². The average molecular weight is 251 g/mol. The number of nitrogens with one attached hydrogen (secondary N) is 1. The van der Waals surface area contributed by atoms with Crippen molar-refractivity contribution in [3.8, 4) is 0 Å². The fourth-order valence-corrected chi connectivity index (χ4v) is 3.38. The molecule has 0 aromatic rings. The van der Waals surface area contributed by atoms with Gasteiger partial charge < -0.3 is 10.1 Å². The van der Waals surface area contributed by atoms with Gasteiger partial charge in [-0.3, -0.25) is 4.79 Å². The van der Waals surface area contributed by atoms with Gasteiger partial charge in [-0.15, -0.1) is 0 Å². The zero-order chi connectivity index (χ0) is 12.6. The molecule has 1 heterocycles. The van der Waals surface area contributed by atoms with Crippen molar-refractivity contribution in [3.05, 3.63) is 0 Å². The van der Waals surface area contributed by atoms with E-state index in [0.717, 1.165) is 19.8 Å². The van der Waals surface area contributed by atoms with Gasteiger partial charge in [-0.2, -0.15) is 0 Å². The third kappa shape index (κ3) is 2.29. The molecule has 3 aliphatic rings. The first-order chi connectivity index (χ1) is 8.68. The molecule has 18 heavy (non-hydrogen) atoms. The third-order valence-corrected chi connectivity index (χ3v) is 5.21. The van der Waals surface area contributed by atoms with Crippen molar-refractivity contribution in [1.82, 2.24) is 5.32 Å². The molecule has 0 bridgehead atoms. The Morgan fingerprint density at radius 2 is 1.78 bits per heavy atom. The van der Waals surface area contributed by atoms with Gasteiger partial charge in [0.25, 0.3) is 0 Å². The van der Waals surface area contributed by atoms with Crippen LogP contribution in [0.2, 0.25) is 0 Å². The van der Waals surface area contributed by atoms with Crippen molar-refractivity contribution in [2.24, 2.45) is 23.2 Å². The summed E-state index contributed by atoms with van der Waals surface area (Å²) in [6.07, 6.45) is 7.74. The molecule has 1 saturated heterocycles. The van der Waals surface area contributed by atoms with Crippen molar-refractivity contribution in [2.45, 2.75) is 45.4 Å². The summed E-state index contributed by atoms with van der Waals surface area (Å²) in [6.45, 7) is 4.58. The maximum Gasteiger partial charge on any atom is 0.223 e. The summed E-state index contributed by atoms with van der Waals surface area (Å²) >= 11 is 0. The summed E-state index contributed by atoms with van der Waals surface area (Å²) in [5.41, 5.74) is 0.194. The monoisotopic (exact) mass is 251 g/mol. The molecule has 1 N–H and O–H groups in total. The smallest absolute Gasteiger partial charge is 0.223 e. The highest BCUT2D eigenvalue weighted by Gasteiger charge is 2.41. The standard InChI is InChI=1S/C15H25NO2/c1-15(9-18-10-15)8-16-14(17)13(11-4-2-5-11)12-6-3-7-12/h11-13H,2-10H2,1H3,(H,16,17). The molecule has 3 nitrogen and oxygen atoms in total. The van der Waals surface area contributed by atoms with Crippen LogP contribution in [0.3, 0.4) is 0 Å². The van der Waals surface area contributed by atoms with Gasteiger partial charge in [0, 0.05) is 17.9 Å². The molecule has 3 fully saturated rings. The second kappa shape index (κ2) is 4.84. The van der Waals surface area contributed by atoms with E-state index in [1.165, 1.54) is 38.5 Å². The first-order valence-electron chi connectivity index (χ1n) is 7.53. The van der Waals surface area contributed by atoms with Gasteiger partial charge in [0.1, 0.15) is 0 Å². The van der Waals surface area contributed by atoms with Gasteiger partial charge >= 0.3 is 0 Å². The van der Waals surface area contributed by atoms with Crippen LogP contribution in [0.25, 0.3) is 0 Å². The minimum atomic E-state index is 0.194. The van der Waals surface area contributed by atoms with E-state index in [4.69, 9.17) is 4.74 Å². The van der Waals surface area contributed by atoms with E-state index in [1.807, 2.05) is 0 Å². The fourth-order valence-electron chi connectivity index (χ4n) is 3.38. The summed E-state index contributed by atoms with van der Waals surface area (Å²) < 4.78 is 5.24. The van der Waals surface area contributed by atoms with Gasteiger partial charge in [-0.1, -0.05) is 19.8 Å². The molecule has 0 radical (unpaired) electrons. The molecule has 0 atom stereocenters. The number of carbonyl (C=O) groups excluding carboxylic acids is 1. The molecule has 2 aliphatic carbocycles. The summed E-state index contributed by atoms with van der Waals surface area (Å²) in [6, 6.07) is 0. The predicted octanol–water partition coefficient (Wildman–Crippen LogP) is 2.36. The number of rotatable bonds is 5. The van der Waals surface area contributed by atoms with E-state index in [2.05, 4.69) is 12.2 Å². The lowest BCUT2D eigenvalue weighted by molar-refractivity contribution is -0.136. The molecule has 0 aromatic heterocycles. The lowest BCUT2D eigenvalue weighted by atomic mass is 9.64. The topological polar surface area (TPSA) is 38.3 Å². The third-order valence-electron chi connectivity index (χ3n) is 5.21. The number of hydrogen-bond donors (Lipinski definition) is 1. The Kier molecular flexibility index (Phi) is 3.35. The van der Waals surface area contributed by atoms with Gasteiger partial charge in [-0.05, 0) is 37.5 Å². The summed E-state index contributed by atoms with van der Waals surface area (Å²) in [4.78, 5) is 12.4. The second-order valence-electron chi connectivity index (χ2n) is 6.93. The molecule has 3 heteroatoms. The maximum absolute atomic E-state index is 12.4. The van der Waals surface area contributed by atoms with Crippen LogP contribution in [0.1, 0.15) is 45.4 Å². The molecular formula is C15H25NO2. The zero-order valence-corrected chi connectivity index (χ0v) is 11.4. The largest absolute Gasteiger partial charge is 0.380 e. The lowest BCUT2D eigenvalue weighted by Gasteiger charge is -2.43. The van der Waals surface area contributed by atoms with E-state index in [-0.39, 0.29) is 5.41 Å². The molecule has 2 saturated carbocycles. The number of amides is 1. The first kappa shape index (κ1) is 12.5. The SMILES string of the molecule is CC1(CNC(=O)C(C2CCC2)C2CCC2)COC1. The molecule has 3 rings (SSSR count). The van der Waals surface area contributed by atoms with Gasteiger partial charge in [0.15, 0.2) is 0 Å². The minimum absolute atomic E-state index is 0.194. The normalized spacial score (nSPS) is 27.2. The van der Waals surface area contributed by atoms with Crippen LogP contribution in [0.4, 0.5) is 0 Å². The number of ether oxygens (including phenoxy) is 1. The Bertz CT molecular complexity index is 302. The average Bonchev–Trinajstić information content (AvgIpc) is 2.17. The van der Waals surface area contributed by atoms with Crippen LogP contribution in [-0.2, 0) is 9.53 Å². The quantitative estimate of drug-likeness (QED) is 0.814. The van der Waals surface area contributed by atoms with Crippen LogP contribution >= 0.6 is 0 Å². The Morgan fingerprint density at radius 3 is 2.11 bits per heavy atom.